The number of rotatable bonds is 6. The maximum atomic E-state index is 12.6. The van der Waals surface area contributed by atoms with Gasteiger partial charge in [0.15, 0.2) is 5.65 Å². The van der Waals surface area contributed by atoms with E-state index in [1.165, 1.54) is 4.40 Å². The lowest BCUT2D eigenvalue weighted by Crippen LogP contribution is -2.33. The second-order valence-electron chi connectivity index (χ2n) is 7.31. The van der Waals surface area contributed by atoms with Gasteiger partial charge >= 0.3 is 0 Å². The number of nitrogens with one attached hydrogen (secondary N) is 2. The van der Waals surface area contributed by atoms with Gasteiger partial charge in [-0.25, -0.2) is 4.98 Å². The smallest absolute Gasteiger partial charge is 0.279 e. The van der Waals surface area contributed by atoms with Crippen LogP contribution < -0.4 is 10.9 Å². The fourth-order valence-electron chi connectivity index (χ4n) is 3.29. The van der Waals surface area contributed by atoms with Crippen molar-refractivity contribution in [2.24, 2.45) is 5.92 Å². The van der Waals surface area contributed by atoms with Gasteiger partial charge in [0.1, 0.15) is 11.5 Å². The van der Waals surface area contributed by atoms with Crippen molar-refractivity contribution in [1.29, 1.82) is 0 Å². The van der Waals surface area contributed by atoms with Crippen LogP contribution in [0.25, 0.3) is 16.7 Å². The number of nitrogens with zero attached hydrogens (tertiary/aromatic N) is 4. The van der Waals surface area contributed by atoms with Crippen LogP contribution in [-0.2, 0) is 11.2 Å². The van der Waals surface area contributed by atoms with E-state index in [2.05, 4.69) is 25.5 Å². The topological polar surface area (TPSA) is 105 Å². The molecule has 0 aliphatic heterocycles. The number of carbonyl (C=O) groups is 1. The third kappa shape index (κ3) is 3.87. The van der Waals surface area contributed by atoms with E-state index in [4.69, 9.17) is 0 Å². The summed E-state index contributed by atoms with van der Waals surface area (Å²) >= 11 is 0. The van der Waals surface area contributed by atoms with E-state index in [1.807, 2.05) is 38.1 Å². The van der Waals surface area contributed by atoms with Crippen LogP contribution in [0.5, 0.6) is 0 Å². The van der Waals surface area contributed by atoms with Gasteiger partial charge in [0.2, 0.25) is 5.91 Å². The van der Waals surface area contributed by atoms with Crippen LogP contribution in [0.15, 0.2) is 53.5 Å². The number of amides is 1. The summed E-state index contributed by atoms with van der Waals surface area (Å²) in [6, 6.07) is 12.8. The zero-order chi connectivity index (χ0) is 20.4. The Morgan fingerprint density at radius 2 is 1.93 bits per heavy atom. The molecule has 0 spiro atoms. The summed E-state index contributed by atoms with van der Waals surface area (Å²) in [6.45, 7) is 4.05. The second-order valence-corrected chi connectivity index (χ2v) is 7.31. The molecule has 0 aliphatic carbocycles. The number of benzene rings is 1. The van der Waals surface area contributed by atoms with Crippen LogP contribution in [-0.4, -0.2) is 30.5 Å². The number of aryl methyl sites for hydroxylation is 1. The number of H-pyrrole nitrogens is 1. The van der Waals surface area contributed by atoms with Crippen molar-refractivity contribution in [3.8, 4) is 0 Å². The molecule has 0 saturated carbocycles. The van der Waals surface area contributed by atoms with E-state index in [0.29, 0.717) is 5.65 Å². The number of hydrogen-bond acceptors (Lipinski definition) is 5. The van der Waals surface area contributed by atoms with Gasteiger partial charge in [-0.15, -0.1) is 10.2 Å². The van der Waals surface area contributed by atoms with E-state index in [-0.39, 0.29) is 42.0 Å². The van der Waals surface area contributed by atoms with Crippen molar-refractivity contribution < 1.29 is 4.79 Å². The molecule has 4 rings (SSSR count). The Bertz CT molecular complexity index is 1190. The first-order valence-corrected chi connectivity index (χ1v) is 9.60. The van der Waals surface area contributed by atoms with E-state index in [1.54, 1.807) is 24.4 Å². The summed E-state index contributed by atoms with van der Waals surface area (Å²) < 4.78 is 1.44. The monoisotopic (exact) mass is 390 g/mol. The highest BCUT2D eigenvalue weighted by atomic mass is 16.1. The fourth-order valence-corrected chi connectivity index (χ4v) is 3.29. The van der Waals surface area contributed by atoms with E-state index < -0.39 is 0 Å². The molecule has 1 aromatic carbocycles. The van der Waals surface area contributed by atoms with Crippen molar-refractivity contribution >= 4 is 22.6 Å². The minimum atomic E-state index is -0.251. The number of aromatic amines is 1. The number of imidazole rings is 1. The number of para-hydroxylation sites is 2. The Hall–Kier alpha value is -3.55. The first-order chi connectivity index (χ1) is 14.0. The molecule has 3 heterocycles. The first-order valence-electron chi connectivity index (χ1n) is 9.60. The van der Waals surface area contributed by atoms with Crippen molar-refractivity contribution in [2.45, 2.75) is 32.7 Å². The lowest BCUT2D eigenvalue weighted by atomic mass is 10.0. The highest BCUT2D eigenvalue weighted by molar-refractivity contribution is 5.77. The summed E-state index contributed by atoms with van der Waals surface area (Å²) in [5, 5.41) is 11.1. The lowest BCUT2D eigenvalue weighted by Gasteiger charge is -2.20. The van der Waals surface area contributed by atoms with Crippen molar-refractivity contribution in [3.63, 3.8) is 0 Å². The second kappa shape index (κ2) is 7.83. The molecule has 1 atom stereocenters. The first kappa shape index (κ1) is 18.8. The van der Waals surface area contributed by atoms with Crippen LogP contribution in [0.4, 0.5) is 0 Å². The number of hydrogen-bond donors (Lipinski definition) is 2. The Balaban J connectivity index is 1.48. The molecule has 1 amide bonds. The molecule has 2 N–H and O–H groups in total. The standard InChI is InChI=1S/C21H22N6O2/c1-13(2)19(20-22-14-7-3-4-8-15(14)23-20)24-18(28)11-10-16-21(29)27-12-6-5-9-17(27)26-25-16/h3-9,12-13,19H,10-11H2,1-2H3,(H,22,23)(H,24,28)/t19-/m0/s1. The molecule has 8 heteroatoms. The van der Waals surface area contributed by atoms with Gasteiger partial charge in [-0.1, -0.05) is 32.0 Å². The molecule has 3 aromatic heterocycles. The Morgan fingerprint density at radius 3 is 2.72 bits per heavy atom. The summed E-state index contributed by atoms with van der Waals surface area (Å²) in [7, 11) is 0. The Kier molecular flexibility index (Phi) is 5.07. The third-order valence-corrected chi connectivity index (χ3v) is 4.85. The van der Waals surface area contributed by atoms with E-state index >= 15 is 0 Å². The molecule has 0 fully saturated rings. The van der Waals surface area contributed by atoms with Gasteiger partial charge in [0, 0.05) is 19.0 Å². The lowest BCUT2D eigenvalue weighted by molar-refractivity contribution is -0.122. The van der Waals surface area contributed by atoms with Gasteiger partial charge in [-0.05, 0) is 30.2 Å². The summed E-state index contributed by atoms with van der Waals surface area (Å²) in [6.07, 6.45) is 2.01. The third-order valence-electron chi connectivity index (χ3n) is 4.85. The molecule has 8 nitrogen and oxygen atoms in total. The molecular formula is C21H22N6O2. The molecular weight excluding hydrogens is 368 g/mol. The predicted molar refractivity (Wildman–Crippen MR) is 109 cm³/mol. The number of pyridine rings is 1. The molecule has 148 valence electrons. The minimum Gasteiger partial charge on any atom is -0.346 e. The maximum absolute atomic E-state index is 12.6. The number of aromatic nitrogens is 5. The largest absolute Gasteiger partial charge is 0.346 e. The van der Waals surface area contributed by atoms with Crippen molar-refractivity contribution in [1.82, 2.24) is 29.9 Å². The average molecular weight is 390 g/mol. The summed E-state index contributed by atoms with van der Waals surface area (Å²) in [5.41, 5.74) is 2.30. The van der Waals surface area contributed by atoms with Crippen LogP contribution >= 0.6 is 0 Å². The van der Waals surface area contributed by atoms with Crippen LogP contribution in [0, 0.1) is 5.92 Å². The van der Waals surface area contributed by atoms with Crippen LogP contribution in [0.3, 0.4) is 0 Å². The quantitative estimate of drug-likeness (QED) is 0.526. The predicted octanol–water partition coefficient (Wildman–Crippen LogP) is 2.41. The molecule has 0 bridgehead atoms. The Labute approximate surface area is 167 Å². The van der Waals surface area contributed by atoms with Gasteiger partial charge in [-0.2, -0.15) is 0 Å². The zero-order valence-electron chi connectivity index (χ0n) is 16.3. The molecule has 0 radical (unpaired) electrons. The van der Waals surface area contributed by atoms with Crippen LogP contribution in [0.1, 0.15) is 37.8 Å². The van der Waals surface area contributed by atoms with Gasteiger partial charge < -0.3 is 10.3 Å². The molecule has 0 saturated heterocycles. The molecule has 4 aromatic rings. The molecule has 0 unspecified atom stereocenters. The number of carbonyl (C=O) groups excluding carboxylic acids is 1. The highest BCUT2D eigenvalue weighted by Crippen LogP contribution is 2.22. The SMILES string of the molecule is CC(C)[C@H](NC(=O)CCc1nnc2ccccn2c1=O)c1nc2ccccc2[nH]1. The average Bonchev–Trinajstić information content (AvgIpc) is 3.15. The van der Waals surface area contributed by atoms with Crippen molar-refractivity contribution in [2.75, 3.05) is 0 Å². The summed E-state index contributed by atoms with van der Waals surface area (Å²) in [4.78, 5) is 33.0. The maximum Gasteiger partial charge on any atom is 0.279 e. The van der Waals surface area contributed by atoms with E-state index in [9.17, 15) is 9.59 Å². The normalized spacial score (nSPS) is 12.5. The van der Waals surface area contributed by atoms with E-state index in [0.717, 1.165) is 16.9 Å². The van der Waals surface area contributed by atoms with Gasteiger partial charge in [0.25, 0.3) is 5.56 Å². The zero-order valence-corrected chi connectivity index (χ0v) is 16.3. The minimum absolute atomic E-state index is 0.144. The molecule has 29 heavy (non-hydrogen) atoms. The van der Waals surface area contributed by atoms with Crippen molar-refractivity contribution in [3.05, 3.63) is 70.5 Å². The van der Waals surface area contributed by atoms with Gasteiger partial charge in [-0.3, -0.25) is 14.0 Å². The number of fused-ring (bicyclic) bond motifs is 2. The Morgan fingerprint density at radius 1 is 1.14 bits per heavy atom. The van der Waals surface area contributed by atoms with Gasteiger partial charge in [0.05, 0.1) is 17.1 Å². The fraction of sp³-hybridized carbons (Fsp3) is 0.286. The molecule has 0 aliphatic rings. The highest BCUT2D eigenvalue weighted by Gasteiger charge is 2.22. The van der Waals surface area contributed by atoms with Crippen LogP contribution in [0.2, 0.25) is 0 Å². The summed E-state index contributed by atoms with van der Waals surface area (Å²) in [5.74, 6) is 0.703.